The summed E-state index contributed by atoms with van der Waals surface area (Å²) in [5, 5.41) is 10.4. The van der Waals surface area contributed by atoms with Gasteiger partial charge in [-0.25, -0.2) is 4.79 Å². The molecule has 0 radical (unpaired) electrons. The van der Waals surface area contributed by atoms with Crippen molar-refractivity contribution >= 4 is 11.9 Å². The number of nitrogens with zero attached hydrogens (tertiary/aromatic N) is 2. The number of ketones is 1. The molecule has 1 saturated heterocycles. The molecule has 2 atom stereocenters. The van der Waals surface area contributed by atoms with Crippen LogP contribution in [0.4, 0.5) is 4.79 Å². The van der Waals surface area contributed by atoms with Crippen LogP contribution in [0.5, 0.6) is 5.75 Å². The fraction of sp³-hybridized carbons (Fsp3) is 0.652. The monoisotopic (exact) mass is 420 g/mol. The van der Waals surface area contributed by atoms with Crippen molar-refractivity contribution < 1.29 is 24.2 Å². The van der Waals surface area contributed by atoms with Crippen LogP contribution in [0.15, 0.2) is 24.3 Å². The molecule has 0 aromatic heterocycles. The molecule has 0 bridgehead atoms. The van der Waals surface area contributed by atoms with Crippen molar-refractivity contribution in [2.75, 3.05) is 39.8 Å². The van der Waals surface area contributed by atoms with Gasteiger partial charge in [-0.3, -0.25) is 4.79 Å². The van der Waals surface area contributed by atoms with E-state index in [0.29, 0.717) is 30.3 Å². The van der Waals surface area contributed by atoms with E-state index in [4.69, 9.17) is 9.47 Å². The maximum absolute atomic E-state index is 12.2. The van der Waals surface area contributed by atoms with Crippen LogP contribution in [-0.4, -0.2) is 78.3 Å². The third kappa shape index (κ3) is 8.32. The average molecular weight is 421 g/mol. The molecule has 30 heavy (non-hydrogen) atoms. The van der Waals surface area contributed by atoms with E-state index in [1.165, 1.54) is 6.92 Å². The Kier molecular flexibility index (Phi) is 8.67. The number of amides is 1. The maximum atomic E-state index is 12.2. The van der Waals surface area contributed by atoms with Crippen molar-refractivity contribution in [1.82, 2.24) is 9.80 Å². The third-order valence-corrected chi connectivity index (χ3v) is 5.01. The average Bonchev–Trinajstić information content (AvgIpc) is 2.65. The molecule has 1 aromatic rings. The van der Waals surface area contributed by atoms with Gasteiger partial charge in [0.2, 0.25) is 0 Å². The van der Waals surface area contributed by atoms with Crippen LogP contribution in [0.3, 0.4) is 0 Å². The van der Waals surface area contributed by atoms with Crippen molar-refractivity contribution in [3.63, 3.8) is 0 Å². The Bertz CT molecular complexity index is 699. The van der Waals surface area contributed by atoms with Gasteiger partial charge in [-0.2, -0.15) is 0 Å². The predicted octanol–water partition coefficient (Wildman–Crippen LogP) is 3.21. The Morgan fingerprint density at radius 3 is 2.53 bits per heavy atom. The van der Waals surface area contributed by atoms with E-state index in [1.54, 1.807) is 36.2 Å². The van der Waals surface area contributed by atoms with Gasteiger partial charge < -0.3 is 24.4 Å². The van der Waals surface area contributed by atoms with Gasteiger partial charge in [0.25, 0.3) is 0 Å². The topological polar surface area (TPSA) is 79.3 Å². The van der Waals surface area contributed by atoms with Gasteiger partial charge in [-0.15, -0.1) is 0 Å². The van der Waals surface area contributed by atoms with Gasteiger partial charge in [0, 0.05) is 32.2 Å². The summed E-state index contributed by atoms with van der Waals surface area (Å²) in [6.45, 7) is 10.2. The smallest absolute Gasteiger partial charge is 0.410 e. The lowest BCUT2D eigenvalue weighted by Gasteiger charge is -2.35. The van der Waals surface area contributed by atoms with Crippen LogP contribution in [-0.2, 0) is 4.74 Å². The number of piperidine rings is 1. The molecule has 2 unspecified atom stereocenters. The Balaban J connectivity index is 1.75. The lowest BCUT2D eigenvalue weighted by molar-refractivity contribution is 0.0203. The number of benzene rings is 1. The minimum atomic E-state index is -0.611. The van der Waals surface area contributed by atoms with Gasteiger partial charge >= 0.3 is 6.09 Å². The first-order chi connectivity index (χ1) is 14.0. The SMILES string of the molecule is CC(=O)c1ccc(OCC(O)CN2CCCC(CN(C)C(=O)OC(C)(C)C)C2)cc1. The number of aliphatic hydroxyl groups is 1. The van der Waals surface area contributed by atoms with Crippen LogP contribution in [0.2, 0.25) is 0 Å². The number of hydrogen-bond acceptors (Lipinski definition) is 6. The molecule has 1 aliphatic rings. The molecule has 2 rings (SSSR count). The van der Waals surface area contributed by atoms with E-state index < -0.39 is 11.7 Å². The van der Waals surface area contributed by atoms with Crippen LogP contribution in [0, 0.1) is 5.92 Å². The molecule has 0 saturated carbocycles. The molecule has 1 aliphatic heterocycles. The van der Waals surface area contributed by atoms with Crippen LogP contribution in [0.25, 0.3) is 0 Å². The van der Waals surface area contributed by atoms with Gasteiger partial charge in [0.15, 0.2) is 5.78 Å². The quantitative estimate of drug-likeness (QED) is 0.651. The number of hydrogen-bond donors (Lipinski definition) is 1. The summed E-state index contributed by atoms with van der Waals surface area (Å²) in [6.07, 6.45) is 1.18. The second kappa shape index (κ2) is 10.8. The molecule has 168 valence electrons. The largest absolute Gasteiger partial charge is 0.491 e. The van der Waals surface area contributed by atoms with Crippen LogP contribution < -0.4 is 4.74 Å². The molecule has 0 spiro atoms. The fourth-order valence-corrected chi connectivity index (χ4v) is 3.60. The van der Waals surface area contributed by atoms with Crippen LogP contribution >= 0.6 is 0 Å². The number of ether oxygens (including phenoxy) is 2. The molecule has 1 amide bonds. The number of Topliss-reactive ketones (excluding diaryl/α,β-unsaturated/α-hetero) is 1. The number of β-amino-alcohol motifs (C(OH)–C–C–N with tert-alkyl or cyclic N) is 1. The van der Waals surface area contributed by atoms with Crippen molar-refractivity contribution in [3.05, 3.63) is 29.8 Å². The minimum Gasteiger partial charge on any atom is -0.491 e. The zero-order valence-electron chi connectivity index (χ0n) is 18.9. The maximum Gasteiger partial charge on any atom is 0.410 e. The van der Waals surface area contributed by atoms with Gasteiger partial charge in [0.1, 0.15) is 24.1 Å². The number of rotatable bonds is 8. The van der Waals surface area contributed by atoms with E-state index in [2.05, 4.69) is 4.90 Å². The molecule has 1 aromatic carbocycles. The van der Waals surface area contributed by atoms with E-state index in [0.717, 1.165) is 25.9 Å². The predicted molar refractivity (Wildman–Crippen MR) is 116 cm³/mol. The second-order valence-corrected chi connectivity index (χ2v) is 9.17. The van der Waals surface area contributed by atoms with Gasteiger partial charge in [-0.1, -0.05) is 0 Å². The second-order valence-electron chi connectivity index (χ2n) is 9.17. The lowest BCUT2D eigenvalue weighted by atomic mass is 9.97. The number of aliphatic hydroxyl groups excluding tert-OH is 1. The molecule has 1 heterocycles. The Hall–Kier alpha value is -2.12. The summed E-state index contributed by atoms with van der Waals surface area (Å²) in [7, 11) is 1.77. The molecule has 1 fully saturated rings. The summed E-state index contributed by atoms with van der Waals surface area (Å²) in [4.78, 5) is 27.4. The number of carbonyl (C=O) groups excluding carboxylic acids is 2. The van der Waals surface area contributed by atoms with Crippen molar-refractivity contribution in [3.8, 4) is 5.75 Å². The first-order valence-electron chi connectivity index (χ1n) is 10.6. The fourth-order valence-electron chi connectivity index (χ4n) is 3.60. The zero-order valence-corrected chi connectivity index (χ0v) is 18.9. The van der Waals surface area contributed by atoms with Gasteiger partial charge in [0.05, 0.1) is 0 Å². The normalized spacial score (nSPS) is 18.5. The van der Waals surface area contributed by atoms with E-state index in [-0.39, 0.29) is 18.5 Å². The lowest BCUT2D eigenvalue weighted by Crippen LogP contribution is -2.45. The summed E-state index contributed by atoms with van der Waals surface area (Å²) in [6, 6.07) is 6.93. The van der Waals surface area contributed by atoms with Gasteiger partial charge in [-0.05, 0) is 77.3 Å². The van der Waals surface area contributed by atoms with E-state index in [1.807, 2.05) is 20.8 Å². The highest BCUT2D eigenvalue weighted by Crippen LogP contribution is 2.19. The molecule has 1 N–H and O–H groups in total. The van der Waals surface area contributed by atoms with Crippen LogP contribution in [0.1, 0.15) is 50.9 Å². The van der Waals surface area contributed by atoms with E-state index in [9.17, 15) is 14.7 Å². The molecular formula is C23H36N2O5. The standard InChI is InChI=1S/C23H36N2O5/c1-17(26)19-8-10-21(11-9-19)29-16-20(27)15-25-12-6-7-18(14-25)13-24(5)22(28)30-23(2,3)4/h8-11,18,20,27H,6-7,12-16H2,1-5H3. The highest BCUT2D eigenvalue weighted by molar-refractivity contribution is 5.94. The molecule has 7 heteroatoms. The Morgan fingerprint density at radius 1 is 1.27 bits per heavy atom. The Labute approximate surface area is 179 Å². The van der Waals surface area contributed by atoms with Crippen molar-refractivity contribution in [2.45, 2.75) is 52.2 Å². The summed E-state index contributed by atoms with van der Waals surface area (Å²) in [5.74, 6) is 0.997. The Morgan fingerprint density at radius 2 is 1.93 bits per heavy atom. The molecule has 0 aliphatic carbocycles. The first kappa shape index (κ1) is 24.2. The third-order valence-electron chi connectivity index (χ3n) is 5.01. The highest BCUT2D eigenvalue weighted by atomic mass is 16.6. The number of likely N-dealkylation sites (tertiary alicyclic amines) is 1. The summed E-state index contributed by atoms with van der Waals surface area (Å²) >= 11 is 0. The van der Waals surface area contributed by atoms with Crippen molar-refractivity contribution in [1.29, 1.82) is 0 Å². The molecule has 7 nitrogen and oxygen atoms in total. The van der Waals surface area contributed by atoms with E-state index >= 15 is 0 Å². The molecular weight excluding hydrogens is 384 g/mol. The zero-order chi connectivity index (χ0) is 22.3. The minimum absolute atomic E-state index is 0.0125. The first-order valence-corrected chi connectivity index (χ1v) is 10.6. The summed E-state index contributed by atoms with van der Waals surface area (Å²) < 4.78 is 11.1. The summed E-state index contributed by atoms with van der Waals surface area (Å²) in [5.41, 5.74) is 0.138. The van der Waals surface area contributed by atoms with Crippen molar-refractivity contribution in [2.24, 2.45) is 5.92 Å². The number of carbonyl (C=O) groups is 2. The highest BCUT2D eigenvalue weighted by Gasteiger charge is 2.26.